The maximum absolute atomic E-state index is 11.7. The van der Waals surface area contributed by atoms with E-state index in [1.165, 1.54) is 4.90 Å². The van der Waals surface area contributed by atoms with Crippen LogP contribution in [-0.4, -0.2) is 43.9 Å². The van der Waals surface area contributed by atoms with Gasteiger partial charge in [-0.15, -0.1) is 0 Å². The van der Waals surface area contributed by atoms with Crippen LogP contribution in [0.1, 0.15) is 6.42 Å². The van der Waals surface area contributed by atoms with Crippen LogP contribution in [-0.2, 0) is 19.1 Å². The van der Waals surface area contributed by atoms with Crippen molar-refractivity contribution in [1.82, 2.24) is 0 Å². The van der Waals surface area contributed by atoms with Gasteiger partial charge in [0.1, 0.15) is 6.61 Å². The average Bonchev–Trinajstić information content (AvgIpc) is 2.79. The zero-order valence-electron chi connectivity index (χ0n) is 10.9. The van der Waals surface area contributed by atoms with Crippen molar-refractivity contribution in [2.24, 2.45) is 0 Å². The first kappa shape index (κ1) is 12.8. The topological polar surface area (TPSA) is 66.9 Å². The van der Waals surface area contributed by atoms with Crippen LogP contribution >= 0.6 is 0 Å². The van der Waals surface area contributed by atoms with Gasteiger partial charge in [-0.3, -0.25) is 14.4 Å². The predicted molar refractivity (Wildman–Crippen MR) is 71.6 cm³/mol. The quantitative estimate of drug-likeness (QED) is 0.730. The molecule has 0 aromatic heterocycles. The van der Waals surface area contributed by atoms with Gasteiger partial charge in [-0.2, -0.15) is 0 Å². The molecule has 2 aliphatic heterocycles. The summed E-state index contributed by atoms with van der Waals surface area (Å²) in [6.07, 6.45) is -0.0241. The molecule has 0 atom stereocenters. The molecule has 104 valence electrons. The fourth-order valence-electron chi connectivity index (χ4n) is 2.42. The fourth-order valence-corrected chi connectivity index (χ4v) is 2.42. The van der Waals surface area contributed by atoms with Crippen LogP contribution in [0, 0.1) is 0 Å². The standard InChI is InChI=1S/C14H14N2O4/c17-12-7-13(18)16(8-12)11-3-1-10(2-4-11)15-5-6-20-9-14(15)19/h1-4H,5-9H2. The second-order valence-corrected chi connectivity index (χ2v) is 4.81. The molecule has 3 rings (SSSR count). The van der Waals surface area contributed by atoms with E-state index in [9.17, 15) is 14.4 Å². The van der Waals surface area contributed by atoms with E-state index >= 15 is 0 Å². The van der Waals surface area contributed by atoms with Gasteiger partial charge in [0, 0.05) is 17.9 Å². The number of carbonyl (C=O) groups excluding carboxylic acids is 3. The van der Waals surface area contributed by atoms with Crippen LogP contribution in [0.25, 0.3) is 0 Å². The first-order valence-electron chi connectivity index (χ1n) is 6.45. The third-order valence-electron chi connectivity index (χ3n) is 3.44. The Morgan fingerprint density at radius 1 is 0.900 bits per heavy atom. The number of Topliss-reactive ketones (excluding diaryl/α,β-unsaturated/α-hetero) is 1. The van der Waals surface area contributed by atoms with Gasteiger partial charge < -0.3 is 14.5 Å². The van der Waals surface area contributed by atoms with Crippen molar-refractivity contribution in [3.05, 3.63) is 24.3 Å². The summed E-state index contributed by atoms with van der Waals surface area (Å²) in [6, 6.07) is 7.09. The zero-order valence-corrected chi connectivity index (χ0v) is 10.9. The van der Waals surface area contributed by atoms with Gasteiger partial charge in [0.2, 0.25) is 5.91 Å². The Balaban J connectivity index is 1.79. The monoisotopic (exact) mass is 274 g/mol. The Labute approximate surface area is 115 Å². The number of amides is 2. The van der Waals surface area contributed by atoms with Crippen molar-refractivity contribution < 1.29 is 19.1 Å². The second-order valence-electron chi connectivity index (χ2n) is 4.81. The van der Waals surface area contributed by atoms with Crippen LogP contribution in [0.4, 0.5) is 11.4 Å². The Bertz CT molecular complexity index is 567. The molecule has 0 spiro atoms. The van der Waals surface area contributed by atoms with Crippen molar-refractivity contribution in [1.29, 1.82) is 0 Å². The minimum absolute atomic E-state index is 0.0241. The van der Waals surface area contributed by atoms with Gasteiger partial charge in [-0.05, 0) is 24.3 Å². The van der Waals surface area contributed by atoms with Gasteiger partial charge in [-0.1, -0.05) is 0 Å². The number of morpholine rings is 1. The molecule has 0 bridgehead atoms. The SMILES string of the molecule is O=C1CC(=O)N(c2ccc(N3CCOCC3=O)cc2)C1. The van der Waals surface area contributed by atoms with E-state index in [1.54, 1.807) is 29.2 Å². The lowest BCUT2D eigenvalue weighted by Gasteiger charge is -2.27. The normalized spacial score (nSPS) is 19.9. The molecule has 0 saturated carbocycles. The molecule has 1 aromatic rings. The molecule has 6 nitrogen and oxygen atoms in total. The van der Waals surface area contributed by atoms with E-state index in [4.69, 9.17) is 4.74 Å². The summed E-state index contributed by atoms with van der Waals surface area (Å²) < 4.78 is 5.08. The smallest absolute Gasteiger partial charge is 0.253 e. The highest BCUT2D eigenvalue weighted by atomic mass is 16.5. The minimum atomic E-state index is -0.176. The average molecular weight is 274 g/mol. The molecule has 2 heterocycles. The summed E-state index contributed by atoms with van der Waals surface area (Å²) in [5, 5.41) is 0. The van der Waals surface area contributed by atoms with Crippen molar-refractivity contribution in [2.75, 3.05) is 36.1 Å². The number of hydrogen-bond acceptors (Lipinski definition) is 4. The van der Waals surface area contributed by atoms with E-state index in [0.717, 1.165) is 5.69 Å². The van der Waals surface area contributed by atoms with Crippen LogP contribution in [0.3, 0.4) is 0 Å². The number of ether oxygens (including phenoxy) is 1. The summed E-state index contributed by atoms with van der Waals surface area (Å²) in [7, 11) is 0. The van der Waals surface area contributed by atoms with E-state index in [2.05, 4.69) is 0 Å². The number of hydrogen-bond donors (Lipinski definition) is 0. The van der Waals surface area contributed by atoms with E-state index in [0.29, 0.717) is 18.8 Å². The van der Waals surface area contributed by atoms with Crippen molar-refractivity contribution in [3.63, 3.8) is 0 Å². The molecular weight excluding hydrogens is 260 g/mol. The number of rotatable bonds is 2. The van der Waals surface area contributed by atoms with E-state index < -0.39 is 0 Å². The van der Waals surface area contributed by atoms with Crippen LogP contribution in [0.15, 0.2) is 24.3 Å². The van der Waals surface area contributed by atoms with E-state index in [1.807, 2.05) is 0 Å². The van der Waals surface area contributed by atoms with Crippen LogP contribution in [0.5, 0.6) is 0 Å². The molecule has 6 heteroatoms. The molecule has 0 radical (unpaired) electrons. The van der Waals surface area contributed by atoms with Crippen molar-refractivity contribution in [3.8, 4) is 0 Å². The van der Waals surface area contributed by atoms with Gasteiger partial charge in [0.15, 0.2) is 5.78 Å². The summed E-state index contributed by atoms with van der Waals surface area (Å²) in [5.41, 5.74) is 1.46. The van der Waals surface area contributed by atoms with Gasteiger partial charge >= 0.3 is 0 Å². The number of ketones is 1. The molecule has 0 unspecified atom stereocenters. The molecule has 0 N–H and O–H groups in total. The Hall–Kier alpha value is -2.21. The first-order valence-corrected chi connectivity index (χ1v) is 6.45. The van der Waals surface area contributed by atoms with Crippen molar-refractivity contribution in [2.45, 2.75) is 6.42 Å². The minimum Gasteiger partial charge on any atom is -0.370 e. The maximum atomic E-state index is 11.7. The highest BCUT2D eigenvalue weighted by molar-refractivity contribution is 6.15. The molecule has 2 amide bonds. The maximum Gasteiger partial charge on any atom is 0.253 e. The van der Waals surface area contributed by atoms with Gasteiger partial charge in [-0.25, -0.2) is 0 Å². The summed E-state index contributed by atoms with van der Waals surface area (Å²) in [6.45, 7) is 1.28. The number of nitrogens with zero attached hydrogens (tertiary/aromatic N) is 2. The molecular formula is C14H14N2O4. The van der Waals surface area contributed by atoms with Gasteiger partial charge in [0.05, 0.1) is 19.6 Å². The summed E-state index contributed by atoms with van der Waals surface area (Å²) in [5.74, 6) is -0.316. The number of carbonyl (C=O) groups is 3. The number of benzene rings is 1. The predicted octanol–water partition coefficient (Wildman–Crippen LogP) is 0.356. The Kier molecular flexibility index (Phi) is 3.23. The highest BCUT2D eigenvalue weighted by Crippen LogP contribution is 2.24. The molecule has 2 fully saturated rings. The first-order chi connectivity index (χ1) is 9.65. The Morgan fingerprint density at radius 3 is 2.10 bits per heavy atom. The summed E-state index contributed by atoms with van der Waals surface area (Å²) in [4.78, 5) is 37.8. The Morgan fingerprint density at radius 2 is 1.55 bits per heavy atom. The lowest BCUT2D eigenvalue weighted by atomic mass is 10.2. The van der Waals surface area contributed by atoms with E-state index in [-0.39, 0.29) is 37.2 Å². The second kappa shape index (κ2) is 5.05. The lowest BCUT2D eigenvalue weighted by molar-refractivity contribution is -0.126. The number of anilines is 2. The van der Waals surface area contributed by atoms with Gasteiger partial charge in [0.25, 0.3) is 5.91 Å². The van der Waals surface area contributed by atoms with Crippen molar-refractivity contribution >= 4 is 29.0 Å². The third kappa shape index (κ3) is 2.30. The molecule has 2 saturated heterocycles. The molecule has 20 heavy (non-hydrogen) atoms. The highest BCUT2D eigenvalue weighted by Gasteiger charge is 2.28. The molecule has 2 aliphatic rings. The zero-order chi connectivity index (χ0) is 14.1. The third-order valence-corrected chi connectivity index (χ3v) is 3.44. The fraction of sp³-hybridized carbons (Fsp3) is 0.357. The lowest BCUT2D eigenvalue weighted by Crippen LogP contribution is -2.41. The summed E-state index contributed by atoms with van der Waals surface area (Å²) >= 11 is 0. The van der Waals surface area contributed by atoms with Crippen LogP contribution in [0.2, 0.25) is 0 Å². The van der Waals surface area contributed by atoms with Crippen LogP contribution < -0.4 is 9.80 Å². The molecule has 1 aromatic carbocycles. The molecule has 0 aliphatic carbocycles. The largest absolute Gasteiger partial charge is 0.370 e.